The molecule has 4 N–H and O–H groups in total. The third-order valence-electron chi connectivity index (χ3n) is 2.94. The van der Waals surface area contributed by atoms with E-state index in [1.807, 2.05) is 0 Å². The number of nitrogens with zero attached hydrogens (tertiary/aromatic N) is 1. The van der Waals surface area contributed by atoms with Crippen molar-refractivity contribution in [1.82, 2.24) is 4.90 Å². The molecule has 1 rings (SSSR count). The van der Waals surface area contributed by atoms with Crippen molar-refractivity contribution in [1.29, 1.82) is 0 Å². The van der Waals surface area contributed by atoms with Gasteiger partial charge in [-0.1, -0.05) is 38.1 Å². The second kappa shape index (κ2) is 7.43. The summed E-state index contributed by atoms with van der Waals surface area (Å²) in [5.41, 5.74) is 13.9. The van der Waals surface area contributed by atoms with Gasteiger partial charge in [-0.05, 0) is 17.0 Å². The highest BCUT2D eigenvalue weighted by atomic mass is 15.1. The summed E-state index contributed by atoms with van der Waals surface area (Å²) in [6.07, 6.45) is 0. The largest absolute Gasteiger partial charge is 0.329 e. The molecular formula is C14H25N3. The maximum Gasteiger partial charge on any atom is 0.0234 e. The fourth-order valence-corrected chi connectivity index (χ4v) is 1.90. The van der Waals surface area contributed by atoms with Crippen molar-refractivity contribution in [3.05, 3.63) is 35.4 Å². The summed E-state index contributed by atoms with van der Waals surface area (Å²) in [6, 6.07) is 8.83. The van der Waals surface area contributed by atoms with Crippen molar-refractivity contribution in [2.75, 3.05) is 26.2 Å². The van der Waals surface area contributed by atoms with E-state index in [0.29, 0.717) is 19.0 Å². The van der Waals surface area contributed by atoms with Crippen molar-refractivity contribution < 1.29 is 0 Å². The molecular weight excluding hydrogens is 210 g/mol. The van der Waals surface area contributed by atoms with Crippen molar-refractivity contribution in [3.8, 4) is 0 Å². The van der Waals surface area contributed by atoms with Crippen LogP contribution in [0.15, 0.2) is 24.3 Å². The number of nitrogens with two attached hydrogens (primary N) is 2. The maximum atomic E-state index is 5.59. The van der Waals surface area contributed by atoms with Crippen LogP contribution in [-0.2, 0) is 6.54 Å². The summed E-state index contributed by atoms with van der Waals surface area (Å²) < 4.78 is 0. The normalized spacial score (nSPS) is 11.4. The molecule has 0 atom stereocenters. The average Bonchev–Trinajstić information content (AvgIpc) is 2.30. The molecule has 96 valence electrons. The standard InChI is InChI=1S/C14H25N3/c1-12(2)14-5-3-13(4-6-14)11-17(9-7-15)10-8-16/h3-6,12H,7-11,15-16H2,1-2H3. The third-order valence-corrected chi connectivity index (χ3v) is 2.94. The minimum atomic E-state index is 0.591. The van der Waals surface area contributed by atoms with Crippen molar-refractivity contribution in [2.45, 2.75) is 26.3 Å². The molecule has 0 saturated carbocycles. The molecule has 3 nitrogen and oxygen atoms in total. The van der Waals surface area contributed by atoms with Gasteiger partial charge in [0.15, 0.2) is 0 Å². The van der Waals surface area contributed by atoms with Gasteiger partial charge in [0.2, 0.25) is 0 Å². The van der Waals surface area contributed by atoms with Gasteiger partial charge >= 0.3 is 0 Å². The maximum absolute atomic E-state index is 5.59. The Bertz CT molecular complexity index is 300. The third kappa shape index (κ3) is 4.86. The van der Waals surface area contributed by atoms with E-state index in [9.17, 15) is 0 Å². The lowest BCUT2D eigenvalue weighted by atomic mass is 10.0. The molecule has 0 aliphatic rings. The van der Waals surface area contributed by atoms with Gasteiger partial charge in [0.1, 0.15) is 0 Å². The van der Waals surface area contributed by atoms with Gasteiger partial charge < -0.3 is 11.5 Å². The average molecular weight is 235 g/mol. The van der Waals surface area contributed by atoms with Gasteiger partial charge in [0.05, 0.1) is 0 Å². The molecule has 0 heterocycles. The second-order valence-electron chi connectivity index (χ2n) is 4.75. The Morgan fingerprint density at radius 2 is 1.53 bits per heavy atom. The van der Waals surface area contributed by atoms with Crippen LogP contribution in [0.4, 0.5) is 0 Å². The van der Waals surface area contributed by atoms with Crippen LogP contribution in [0.3, 0.4) is 0 Å². The molecule has 0 fully saturated rings. The Morgan fingerprint density at radius 3 is 1.94 bits per heavy atom. The minimum Gasteiger partial charge on any atom is -0.329 e. The Kier molecular flexibility index (Phi) is 6.19. The topological polar surface area (TPSA) is 55.3 Å². The van der Waals surface area contributed by atoms with Gasteiger partial charge in [-0.3, -0.25) is 4.90 Å². The molecule has 0 amide bonds. The molecule has 0 saturated heterocycles. The zero-order chi connectivity index (χ0) is 12.7. The molecule has 0 bridgehead atoms. The molecule has 0 unspecified atom stereocenters. The summed E-state index contributed by atoms with van der Waals surface area (Å²) in [4.78, 5) is 2.30. The second-order valence-corrected chi connectivity index (χ2v) is 4.75. The van der Waals surface area contributed by atoms with Crippen LogP contribution in [0.1, 0.15) is 30.9 Å². The van der Waals surface area contributed by atoms with E-state index in [-0.39, 0.29) is 0 Å². The van der Waals surface area contributed by atoms with E-state index in [2.05, 4.69) is 43.0 Å². The van der Waals surface area contributed by atoms with Gasteiger partial charge in [-0.15, -0.1) is 0 Å². The van der Waals surface area contributed by atoms with E-state index in [4.69, 9.17) is 11.5 Å². The van der Waals surface area contributed by atoms with Crippen LogP contribution in [0.5, 0.6) is 0 Å². The first-order valence-electron chi connectivity index (χ1n) is 6.38. The van der Waals surface area contributed by atoms with Crippen LogP contribution in [0, 0.1) is 0 Å². The summed E-state index contributed by atoms with van der Waals surface area (Å²) >= 11 is 0. The predicted molar refractivity (Wildman–Crippen MR) is 73.9 cm³/mol. The minimum absolute atomic E-state index is 0.591. The van der Waals surface area contributed by atoms with Gasteiger partial charge in [-0.2, -0.15) is 0 Å². The van der Waals surface area contributed by atoms with E-state index >= 15 is 0 Å². The lowest BCUT2D eigenvalue weighted by Gasteiger charge is -2.21. The molecule has 0 aliphatic heterocycles. The highest BCUT2D eigenvalue weighted by Gasteiger charge is 2.04. The van der Waals surface area contributed by atoms with Crippen molar-refractivity contribution in [3.63, 3.8) is 0 Å². The van der Waals surface area contributed by atoms with Gasteiger partial charge in [-0.25, -0.2) is 0 Å². The molecule has 0 radical (unpaired) electrons. The van der Waals surface area contributed by atoms with Crippen LogP contribution < -0.4 is 11.5 Å². The Morgan fingerprint density at radius 1 is 1.00 bits per heavy atom. The van der Waals surface area contributed by atoms with Crippen LogP contribution in [-0.4, -0.2) is 31.1 Å². The SMILES string of the molecule is CC(C)c1ccc(CN(CCN)CCN)cc1. The highest BCUT2D eigenvalue weighted by molar-refractivity contribution is 5.24. The van der Waals surface area contributed by atoms with E-state index in [0.717, 1.165) is 19.6 Å². The van der Waals surface area contributed by atoms with Gasteiger partial charge in [0, 0.05) is 32.7 Å². The fourth-order valence-electron chi connectivity index (χ4n) is 1.90. The number of hydrogen-bond acceptors (Lipinski definition) is 3. The summed E-state index contributed by atoms with van der Waals surface area (Å²) in [5.74, 6) is 0.591. The first-order chi connectivity index (χ1) is 8.17. The first kappa shape index (κ1) is 14.2. The smallest absolute Gasteiger partial charge is 0.0234 e. The van der Waals surface area contributed by atoms with Gasteiger partial charge in [0.25, 0.3) is 0 Å². The monoisotopic (exact) mass is 235 g/mol. The highest BCUT2D eigenvalue weighted by Crippen LogP contribution is 2.15. The van der Waals surface area contributed by atoms with Crippen LogP contribution in [0.2, 0.25) is 0 Å². The zero-order valence-electron chi connectivity index (χ0n) is 11.0. The summed E-state index contributed by atoms with van der Waals surface area (Å²) in [5, 5.41) is 0. The quantitative estimate of drug-likeness (QED) is 0.753. The van der Waals surface area contributed by atoms with Crippen LogP contribution >= 0.6 is 0 Å². The molecule has 1 aromatic rings. The number of rotatable bonds is 7. The zero-order valence-corrected chi connectivity index (χ0v) is 11.0. The predicted octanol–water partition coefficient (Wildman–Crippen LogP) is 1.53. The molecule has 0 aliphatic carbocycles. The van der Waals surface area contributed by atoms with Crippen LogP contribution in [0.25, 0.3) is 0 Å². The lowest BCUT2D eigenvalue weighted by molar-refractivity contribution is 0.281. The van der Waals surface area contributed by atoms with Crippen molar-refractivity contribution in [2.24, 2.45) is 11.5 Å². The molecule has 3 heteroatoms. The van der Waals surface area contributed by atoms with E-state index < -0.39 is 0 Å². The Labute approximate surface area is 105 Å². The molecule has 17 heavy (non-hydrogen) atoms. The molecule has 0 spiro atoms. The van der Waals surface area contributed by atoms with Crippen molar-refractivity contribution >= 4 is 0 Å². The summed E-state index contributed by atoms with van der Waals surface area (Å²) in [6.45, 7) is 8.54. The lowest BCUT2D eigenvalue weighted by Crippen LogP contribution is -2.33. The Hall–Kier alpha value is -0.900. The van der Waals surface area contributed by atoms with E-state index in [1.54, 1.807) is 0 Å². The molecule has 0 aromatic heterocycles. The Balaban J connectivity index is 2.59. The number of hydrogen-bond donors (Lipinski definition) is 2. The molecule has 1 aromatic carbocycles. The summed E-state index contributed by atoms with van der Waals surface area (Å²) in [7, 11) is 0. The number of benzene rings is 1. The first-order valence-corrected chi connectivity index (χ1v) is 6.38. The fraction of sp³-hybridized carbons (Fsp3) is 0.571. The van der Waals surface area contributed by atoms with E-state index in [1.165, 1.54) is 11.1 Å².